The molecule has 0 amide bonds. The Bertz CT molecular complexity index is 400. The van der Waals surface area contributed by atoms with E-state index in [2.05, 4.69) is 20.1 Å². The Morgan fingerprint density at radius 2 is 1.87 bits per heavy atom. The molecule has 2 heterocycles. The Balaban J connectivity index is 1.45. The maximum absolute atomic E-state index is 10.7. The molecule has 1 atom stereocenters. The monoisotopic (exact) mass is 322 g/mol. The molecule has 3 aliphatic rings. The Kier molecular flexibility index (Phi) is 5.81. The van der Waals surface area contributed by atoms with E-state index in [1.165, 1.54) is 45.3 Å². The number of likely N-dealkylation sites (tertiary alicyclic amines) is 2. The van der Waals surface area contributed by atoms with Gasteiger partial charge in [0.2, 0.25) is 0 Å². The first-order valence-electron chi connectivity index (χ1n) is 9.59. The van der Waals surface area contributed by atoms with Gasteiger partial charge in [-0.25, -0.2) is 0 Å². The molecule has 23 heavy (non-hydrogen) atoms. The SMILES string of the molecule is CN=C(NCC1(O)CCCCC1)N1CCC(CN2CCCC2)C1. The van der Waals surface area contributed by atoms with Gasteiger partial charge in [0.1, 0.15) is 0 Å². The highest BCUT2D eigenvalue weighted by Gasteiger charge is 2.31. The van der Waals surface area contributed by atoms with Crippen LogP contribution in [0.4, 0.5) is 0 Å². The number of nitrogens with zero attached hydrogens (tertiary/aromatic N) is 3. The van der Waals surface area contributed by atoms with Gasteiger partial charge in [-0.1, -0.05) is 19.3 Å². The van der Waals surface area contributed by atoms with Crippen LogP contribution >= 0.6 is 0 Å². The highest BCUT2D eigenvalue weighted by molar-refractivity contribution is 5.80. The zero-order chi connectivity index (χ0) is 16.1. The number of aliphatic imine (C=N–C) groups is 1. The molecule has 5 nitrogen and oxygen atoms in total. The van der Waals surface area contributed by atoms with Gasteiger partial charge in [0.25, 0.3) is 0 Å². The van der Waals surface area contributed by atoms with Crippen molar-refractivity contribution in [2.75, 3.05) is 46.3 Å². The lowest BCUT2D eigenvalue weighted by molar-refractivity contribution is 0.00819. The van der Waals surface area contributed by atoms with Gasteiger partial charge in [0.05, 0.1) is 5.60 Å². The van der Waals surface area contributed by atoms with Crippen LogP contribution in [0.3, 0.4) is 0 Å². The summed E-state index contributed by atoms with van der Waals surface area (Å²) in [6.45, 7) is 6.67. The second-order valence-electron chi connectivity index (χ2n) is 7.79. The minimum absolute atomic E-state index is 0.525. The standard InChI is InChI=1S/C18H34N4O/c1-19-17(20-15-18(23)8-3-2-4-9-18)22-12-7-16(14-22)13-21-10-5-6-11-21/h16,23H,2-15H2,1H3,(H,19,20). The third kappa shape index (κ3) is 4.60. The maximum Gasteiger partial charge on any atom is 0.193 e. The fourth-order valence-electron chi connectivity index (χ4n) is 4.47. The number of hydrogen-bond acceptors (Lipinski definition) is 3. The first-order chi connectivity index (χ1) is 11.2. The van der Waals surface area contributed by atoms with Gasteiger partial charge in [-0.2, -0.15) is 0 Å². The van der Waals surface area contributed by atoms with Crippen LogP contribution in [0.2, 0.25) is 0 Å². The van der Waals surface area contributed by atoms with Gasteiger partial charge < -0.3 is 20.2 Å². The van der Waals surface area contributed by atoms with Crippen molar-refractivity contribution < 1.29 is 5.11 Å². The summed E-state index contributed by atoms with van der Waals surface area (Å²) in [4.78, 5) is 9.46. The van der Waals surface area contributed by atoms with Gasteiger partial charge in [-0.15, -0.1) is 0 Å². The number of aliphatic hydroxyl groups is 1. The highest BCUT2D eigenvalue weighted by atomic mass is 16.3. The molecule has 0 bridgehead atoms. The third-order valence-electron chi connectivity index (χ3n) is 5.87. The van der Waals surface area contributed by atoms with Crippen LogP contribution in [0.25, 0.3) is 0 Å². The molecular weight excluding hydrogens is 288 g/mol. The minimum Gasteiger partial charge on any atom is -0.388 e. The summed E-state index contributed by atoms with van der Waals surface area (Å²) < 4.78 is 0. The quantitative estimate of drug-likeness (QED) is 0.611. The summed E-state index contributed by atoms with van der Waals surface area (Å²) in [5.41, 5.74) is -0.525. The summed E-state index contributed by atoms with van der Waals surface area (Å²) in [5.74, 6) is 1.75. The molecule has 0 aromatic carbocycles. The van der Waals surface area contributed by atoms with Crippen LogP contribution in [0.15, 0.2) is 4.99 Å². The molecule has 5 heteroatoms. The first kappa shape index (κ1) is 17.0. The lowest BCUT2D eigenvalue weighted by Gasteiger charge is -2.33. The molecular formula is C18H34N4O. The molecule has 0 radical (unpaired) electrons. The van der Waals surface area contributed by atoms with Crippen molar-refractivity contribution in [3.63, 3.8) is 0 Å². The normalized spacial score (nSPS) is 29.2. The lowest BCUT2D eigenvalue weighted by atomic mass is 9.85. The predicted octanol–water partition coefficient (Wildman–Crippen LogP) is 1.67. The van der Waals surface area contributed by atoms with E-state index in [0.29, 0.717) is 6.54 Å². The summed E-state index contributed by atoms with van der Waals surface area (Å²) in [6.07, 6.45) is 9.43. The van der Waals surface area contributed by atoms with E-state index in [-0.39, 0.29) is 0 Å². The first-order valence-corrected chi connectivity index (χ1v) is 9.59. The summed E-state index contributed by atoms with van der Waals surface area (Å²) >= 11 is 0. The molecule has 0 spiro atoms. The molecule has 1 saturated carbocycles. The van der Waals surface area contributed by atoms with E-state index in [1.807, 2.05) is 7.05 Å². The van der Waals surface area contributed by atoms with Crippen molar-refractivity contribution in [2.45, 2.75) is 57.0 Å². The summed E-state index contributed by atoms with van der Waals surface area (Å²) in [5, 5.41) is 14.1. The van der Waals surface area contributed by atoms with E-state index < -0.39 is 5.60 Å². The van der Waals surface area contributed by atoms with E-state index in [1.54, 1.807) is 0 Å². The van der Waals surface area contributed by atoms with Crippen molar-refractivity contribution in [1.29, 1.82) is 0 Å². The van der Waals surface area contributed by atoms with Crippen molar-refractivity contribution in [1.82, 2.24) is 15.1 Å². The molecule has 2 aliphatic heterocycles. The van der Waals surface area contributed by atoms with Crippen LogP contribution in [0.5, 0.6) is 0 Å². The second-order valence-corrected chi connectivity index (χ2v) is 7.79. The van der Waals surface area contributed by atoms with Gasteiger partial charge in [0, 0.05) is 33.2 Å². The van der Waals surface area contributed by atoms with Gasteiger partial charge in [-0.3, -0.25) is 4.99 Å². The fourth-order valence-corrected chi connectivity index (χ4v) is 4.47. The minimum atomic E-state index is -0.525. The Morgan fingerprint density at radius 1 is 1.13 bits per heavy atom. The predicted molar refractivity (Wildman–Crippen MR) is 94.8 cm³/mol. The van der Waals surface area contributed by atoms with Crippen LogP contribution in [-0.4, -0.2) is 72.8 Å². The zero-order valence-corrected chi connectivity index (χ0v) is 14.8. The molecule has 0 aromatic heterocycles. The smallest absolute Gasteiger partial charge is 0.193 e. The van der Waals surface area contributed by atoms with Gasteiger partial charge in [-0.05, 0) is 51.1 Å². The molecule has 2 N–H and O–H groups in total. The van der Waals surface area contributed by atoms with E-state index >= 15 is 0 Å². The average Bonchev–Trinajstić information content (AvgIpc) is 3.21. The van der Waals surface area contributed by atoms with Gasteiger partial charge in [0.15, 0.2) is 5.96 Å². The number of rotatable bonds is 4. The molecule has 3 rings (SSSR count). The fraction of sp³-hybridized carbons (Fsp3) is 0.944. The van der Waals surface area contributed by atoms with E-state index in [4.69, 9.17) is 0 Å². The molecule has 132 valence electrons. The van der Waals surface area contributed by atoms with Crippen LogP contribution in [-0.2, 0) is 0 Å². The molecule has 1 aliphatic carbocycles. The van der Waals surface area contributed by atoms with Crippen molar-refractivity contribution in [3.8, 4) is 0 Å². The van der Waals surface area contributed by atoms with Crippen molar-refractivity contribution >= 4 is 5.96 Å². The topological polar surface area (TPSA) is 51.1 Å². The van der Waals surface area contributed by atoms with E-state index in [9.17, 15) is 5.11 Å². The third-order valence-corrected chi connectivity index (χ3v) is 5.87. The Hall–Kier alpha value is -0.810. The van der Waals surface area contributed by atoms with Crippen molar-refractivity contribution in [2.24, 2.45) is 10.9 Å². The molecule has 1 unspecified atom stereocenters. The second kappa shape index (κ2) is 7.84. The maximum atomic E-state index is 10.7. The van der Waals surface area contributed by atoms with Gasteiger partial charge >= 0.3 is 0 Å². The molecule has 0 aromatic rings. The highest BCUT2D eigenvalue weighted by Crippen LogP contribution is 2.27. The number of hydrogen-bond donors (Lipinski definition) is 2. The Morgan fingerprint density at radius 3 is 2.57 bits per heavy atom. The zero-order valence-electron chi connectivity index (χ0n) is 14.8. The molecule has 3 fully saturated rings. The Labute approximate surface area is 141 Å². The molecule has 2 saturated heterocycles. The number of guanidine groups is 1. The summed E-state index contributed by atoms with van der Waals surface area (Å²) in [6, 6.07) is 0. The largest absolute Gasteiger partial charge is 0.388 e. The lowest BCUT2D eigenvalue weighted by Crippen LogP contribution is -2.49. The van der Waals surface area contributed by atoms with Crippen LogP contribution < -0.4 is 5.32 Å². The van der Waals surface area contributed by atoms with Crippen LogP contribution in [0, 0.1) is 5.92 Å². The number of nitrogens with one attached hydrogen (secondary N) is 1. The van der Waals surface area contributed by atoms with Crippen molar-refractivity contribution in [3.05, 3.63) is 0 Å². The average molecular weight is 322 g/mol. The summed E-state index contributed by atoms with van der Waals surface area (Å²) in [7, 11) is 1.86. The van der Waals surface area contributed by atoms with E-state index in [0.717, 1.165) is 50.7 Å². The van der Waals surface area contributed by atoms with Crippen LogP contribution in [0.1, 0.15) is 51.4 Å².